The second-order valence-electron chi connectivity index (χ2n) is 4.47. The number of aromatic nitrogens is 1. The van der Waals surface area contributed by atoms with Gasteiger partial charge in [0.2, 0.25) is 10.0 Å². The van der Waals surface area contributed by atoms with Crippen LogP contribution in [0.3, 0.4) is 0 Å². The molecule has 1 aromatic rings. The van der Waals surface area contributed by atoms with Gasteiger partial charge in [-0.15, -0.1) is 0 Å². The van der Waals surface area contributed by atoms with E-state index < -0.39 is 25.1 Å². The second-order valence-corrected chi connectivity index (χ2v) is 8.64. The van der Waals surface area contributed by atoms with Crippen LogP contribution in [0.2, 0.25) is 0 Å². The van der Waals surface area contributed by atoms with Gasteiger partial charge in [0.1, 0.15) is 16.7 Å². The Bertz CT molecular complexity index is 733. The molecule has 7 nitrogen and oxygen atoms in total. The number of nitrogens with one attached hydrogen (secondary N) is 1. The topological polar surface area (TPSA) is 117 Å². The highest BCUT2D eigenvalue weighted by Crippen LogP contribution is 2.19. The normalized spacial score (nSPS) is 21.4. The highest BCUT2D eigenvalue weighted by atomic mass is 32.2. The van der Waals surface area contributed by atoms with Crippen LogP contribution in [0.4, 0.5) is 0 Å². The maximum atomic E-state index is 12.0. The maximum Gasteiger partial charge on any atom is 0.242 e. The van der Waals surface area contributed by atoms with E-state index >= 15 is 0 Å². The van der Waals surface area contributed by atoms with E-state index in [4.69, 9.17) is 5.26 Å². The summed E-state index contributed by atoms with van der Waals surface area (Å²) in [5.41, 5.74) is 0.113. The minimum Gasteiger partial charge on any atom is -0.244 e. The Morgan fingerprint density at radius 2 is 2.20 bits per heavy atom. The lowest BCUT2D eigenvalue weighted by Gasteiger charge is -2.11. The molecule has 1 unspecified atom stereocenters. The Labute approximate surface area is 117 Å². The smallest absolute Gasteiger partial charge is 0.242 e. The van der Waals surface area contributed by atoms with Crippen molar-refractivity contribution in [3.63, 3.8) is 0 Å². The van der Waals surface area contributed by atoms with Crippen LogP contribution < -0.4 is 4.72 Å². The predicted octanol–water partition coefficient (Wildman–Crippen LogP) is -0.191. The van der Waals surface area contributed by atoms with E-state index in [2.05, 4.69) is 9.71 Å². The number of pyridine rings is 1. The molecule has 20 heavy (non-hydrogen) atoms. The quantitative estimate of drug-likeness (QED) is 0.823. The molecule has 0 bridgehead atoms. The maximum absolute atomic E-state index is 12.0. The summed E-state index contributed by atoms with van der Waals surface area (Å²) in [6.45, 7) is -0.134. The Kier molecular flexibility index (Phi) is 4.08. The van der Waals surface area contributed by atoms with Crippen molar-refractivity contribution in [1.29, 1.82) is 5.26 Å². The van der Waals surface area contributed by atoms with Crippen LogP contribution in [-0.4, -0.2) is 39.4 Å². The fourth-order valence-electron chi connectivity index (χ4n) is 1.98. The molecule has 1 saturated heterocycles. The van der Waals surface area contributed by atoms with Crippen molar-refractivity contribution in [3.8, 4) is 6.07 Å². The Morgan fingerprint density at radius 1 is 1.45 bits per heavy atom. The van der Waals surface area contributed by atoms with Crippen LogP contribution in [-0.2, 0) is 19.9 Å². The number of nitriles is 1. The molecule has 0 amide bonds. The Hall–Kier alpha value is -1.50. The first-order valence-electron chi connectivity index (χ1n) is 5.92. The summed E-state index contributed by atoms with van der Waals surface area (Å²) in [7, 11) is -7.00. The van der Waals surface area contributed by atoms with Crippen molar-refractivity contribution in [3.05, 3.63) is 24.0 Å². The van der Waals surface area contributed by atoms with E-state index in [1.807, 2.05) is 0 Å². The predicted molar refractivity (Wildman–Crippen MR) is 70.9 cm³/mol. The zero-order valence-corrected chi connectivity index (χ0v) is 12.1. The number of sulfone groups is 1. The third-order valence-corrected chi connectivity index (χ3v) is 6.81. The molecule has 0 aromatic carbocycles. The van der Waals surface area contributed by atoms with Crippen LogP contribution in [0.5, 0.6) is 0 Å². The minimum absolute atomic E-state index is 0.0908. The van der Waals surface area contributed by atoms with Crippen molar-refractivity contribution in [1.82, 2.24) is 9.71 Å². The van der Waals surface area contributed by atoms with E-state index in [0.29, 0.717) is 12.8 Å². The fourth-order valence-corrected chi connectivity index (χ4v) is 4.88. The first-order valence-corrected chi connectivity index (χ1v) is 9.12. The van der Waals surface area contributed by atoms with Gasteiger partial charge in [-0.1, -0.05) is 0 Å². The third kappa shape index (κ3) is 3.15. The first-order chi connectivity index (χ1) is 9.35. The summed E-state index contributed by atoms with van der Waals surface area (Å²) in [5, 5.41) is 7.93. The zero-order chi connectivity index (χ0) is 14.8. The molecule has 1 aromatic heterocycles. The van der Waals surface area contributed by atoms with Crippen LogP contribution in [0, 0.1) is 11.3 Å². The van der Waals surface area contributed by atoms with E-state index in [1.54, 1.807) is 6.07 Å². The standard InChI is InChI=1S/C11H13N3O4S2/c12-6-9-3-4-11(7-13-9)20(17,18)14-8-10-2-1-5-19(10,15)16/h3-4,7,10,14H,1-2,5,8H2. The third-order valence-electron chi connectivity index (χ3n) is 3.13. The van der Waals surface area contributed by atoms with Gasteiger partial charge in [0.15, 0.2) is 9.84 Å². The number of sulfonamides is 1. The van der Waals surface area contributed by atoms with Gasteiger partial charge in [-0.25, -0.2) is 26.5 Å². The summed E-state index contributed by atoms with van der Waals surface area (Å²) < 4.78 is 49.5. The molecule has 1 aliphatic heterocycles. The SMILES string of the molecule is N#Cc1ccc(S(=O)(=O)NCC2CCCS2(=O)=O)cn1. The van der Waals surface area contributed by atoms with Gasteiger partial charge >= 0.3 is 0 Å². The van der Waals surface area contributed by atoms with E-state index in [0.717, 1.165) is 6.20 Å². The average molecular weight is 315 g/mol. The molecule has 1 atom stereocenters. The van der Waals surface area contributed by atoms with Crippen LogP contribution in [0.25, 0.3) is 0 Å². The molecule has 0 saturated carbocycles. The number of hydrogen-bond donors (Lipinski definition) is 1. The molecule has 1 fully saturated rings. The number of hydrogen-bond acceptors (Lipinski definition) is 6. The summed E-state index contributed by atoms with van der Waals surface area (Å²) in [6, 6.07) is 4.34. The number of rotatable bonds is 4. The Balaban J connectivity index is 2.10. The van der Waals surface area contributed by atoms with Crippen LogP contribution >= 0.6 is 0 Å². The molecule has 0 spiro atoms. The van der Waals surface area contributed by atoms with Crippen LogP contribution in [0.1, 0.15) is 18.5 Å². The zero-order valence-electron chi connectivity index (χ0n) is 10.5. The van der Waals surface area contributed by atoms with Gasteiger partial charge in [0.05, 0.1) is 11.0 Å². The largest absolute Gasteiger partial charge is 0.244 e. The number of nitrogens with zero attached hydrogens (tertiary/aromatic N) is 2. The molecule has 9 heteroatoms. The van der Waals surface area contributed by atoms with Crippen molar-refractivity contribution in [2.24, 2.45) is 0 Å². The van der Waals surface area contributed by atoms with Gasteiger partial charge in [0, 0.05) is 12.7 Å². The van der Waals surface area contributed by atoms with Crippen molar-refractivity contribution < 1.29 is 16.8 Å². The summed E-state index contributed by atoms with van der Waals surface area (Å²) >= 11 is 0. The molecule has 1 aliphatic rings. The summed E-state index contributed by atoms with van der Waals surface area (Å²) in [6.07, 6.45) is 2.10. The van der Waals surface area contributed by atoms with Crippen molar-refractivity contribution in [2.75, 3.05) is 12.3 Å². The highest BCUT2D eigenvalue weighted by molar-refractivity contribution is 7.92. The first kappa shape index (κ1) is 14.9. The average Bonchev–Trinajstić information content (AvgIpc) is 2.75. The van der Waals surface area contributed by atoms with Gasteiger partial charge in [0.25, 0.3) is 0 Å². The summed E-state index contributed by atoms with van der Waals surface area (Å²) in [4.78, 5) is 3.58. The molecule has 0 radical (unpaired) electrons. The van der Waals surface area contributed by atoms with Gasteiger partial charge < -0.3 is 0 Å². The molecule has 2 heterocycles. The molecule has 108 valence electrons. The lowest BCUT2D eigenvalue weighted by molar-refractivity contribution is 0.570. The lowest BCUT2D eigenvalue weighted by atomic mass is 10.2. The molecule has 1 N–H and O–H groups in total. The second kappa shape index (κ2) is 5.47. The minimum atomic E-state index is -3.81. The van der Waals surface area contributed by atoms with E-state index in [-0.39, 0.29) is 22.9 Å². The lowest BCUT2D eigenvalue weighted by Crippen LogP contribution is -2.34. The highest BCUT2D eigenvalue weighted by Gasteiger charge is 2.32. The molecule has 0 aliphatic carbocycles. The van der Waals surface area contributed by atoms with E-state index in [9.17, 15) is 16.8 Å². The molecular formula is C11H13N3O4S2. The monoisotopic (exact) mass is 315 g/mol. The van der Waals surface area contributed by atoms with Gasteiger partial charge in [-0.2, -0.15) is 5.26 Å². The fraction of sp³-hybridized carbons (Fsp3) is 0.455. The van der Waals surface area contributed by atoms with Crippen LogP contribution in [0.15, 0.2) is 23.2 Å². The Morgan fingerprint density at radius 3 is 2.70 bits per heavy atom. The summed E-state index contributed by atoms with van der Waals surface area (Å²) in [5.74, 6) is 0.109. The van der Waals surface area contributed by atoms with Gasteiger partial charge in [-0.05, 0) is 25.0 Å². The van der Waals surface area contributed by atoms with E-state index in [1.165, 1.54) is 12.1 Å². The molecular weight excluding hydrogens is 302 g/mol. The van der Waals surface area contributed by atoms with Crippen molar-refractivity contribution >= 4 is 19.9 Å². The van der Waals surface area contributed by atoms with Crippen molar-refractivity contribution in [2.45, 2.75) is 23.0 Å². The van der Waals surface area contributed by atoms with Gasteiger partial charge in [-0.3, -0.25) is 0 Å². The molecule has 2 rings (SSSR count).